The van der Waals surface area contributed by atoms with Crippen molar-refractivity contribution in [2.45, 2.75) is 0 Å². The second-order valence-corrected chi connectivity index (χ2v) is 3.40. The van der Waals surface area contributed by atoms with Gasteiger partial charge in [-0.1, -0.05) is 0 Å². The van der Waals surface area contributed by atoms with Gasteiger partial charge in [-0.3, -0.25) is 0 Å². The molecule has 0 aliphatic rings. The molecule has 1 aromatic carbocycles. The SMILES string of the molecule is COc1ccc(-c2cc(C#N)ccc2F)cn1. The summed E-state index contributed by atoms with van der Waals surface area (Å²) < 4.78 is 18.5. The molecule has 84 valence electrons. The molecule has 0 unspecified atom stereocenters. The number of aromatic nitrogens is 1. The molecule has 0 amide bonds. The first-order valence-electron chi connectivity index (χ1n) is 4.94. The van der Waals surface area contributed by atoms with Gasteiger partial charge in [-0.15, -0.1) is 0 Å². The van der Waals surface area contributed by atoms with E-state index in [1.165, 1.54) is 31.5 Å². The average molecular weight is 228 g/mol. The summed E-state index contributed by atoms with van der Waals surface area (Å²) in [5.74, 6) is 0.0848. The van der Waals surface area contributed by atoms with Crippen LogP contribution < -0.4 is 4.74 Å². The molecule has 0 aliphatic carbocycles. The molecule has 0 radical (unpaired) electrons. The lowest BCUT2D eigenvalue weighted by Gasteiger charge is -2.04. The minimum Gasteiger partial charge on any atom is -0.481 e. The Balaban J connectivity index is 2.48. The Morgan fingerprint density at radius 1 is 1.29 bits per heavy atom. The molecule has 0 aliphatic heterocycles. The van der Waals surface area contributed by atoms with E-state index >= 15 is 0 Å². The lowest BCUT2D eigenvalue weighted by molar-refractivity contribution is 0.398. The fourth-order valence-electron chi connectivity index (χ4n) is 1.48. The predicted octanol–water partition coefficient (Wildman–Crippen LogP) is 2.77. The van der Waals surface area contributed by atoms with Crippen molar-refractivity contribution in [2.75, 3.05) is 7.11 Å². The molecule has 1 aromatic heterocycles. The molecule has 0 bridgehead atoms. The van der Waals surface area contributed by atoms with E-state index in [1.807, 2.05) is 6.07 Å². The van der Waals surface area contributed by atoms with Gasteiger partial charge in [0, 0.05) is 23.4 Å². The summed E-state index contributed by atoms with van der Waals surface area (Å²) in [6.45, 7) is 0. The van der Waals surface area contributed by atoms with Crippen molar-refractivity contribution in [3.63, 3.8) is 0 Å². The highest BCUT2D eigenvalue weighted by molar-refractivity contribution is 5.65. The lowest BCUT2D eigenvalue weighted by atomic mass is 10.0. The Morgan fingerprint density at radius 2 is 2.12 bits per heavy atom. The van der Waals surface area contributed by atoms with Gasteiger partial charge in [0.15, 0.2) is 0 Å². The molecule has 0 saturated carbocycles. The van der Waals surface area contributed by atoms with Crippen LogP contribution in [0.5, 0.6) is 5.88 Å². The predicted molar refractivity (Wildman–Crippen MR) is 60.9 cm³/mol. The van der Waals surface area contributed by atoms with Gasteiger partial charge in [0.05, 0.1) is 18.7 Å². The van der Waals surface area contributed by atoms with Crippen molar-refractivity contribution >= 4 is 0 Å². The Labute approximate surface area is 98.1 Å². The number of ether oxygens (including phenoxy) is 1. The van der Waals surface area contributed by atoms with Gasteiger partial charge in [0.2, 0.25) is 5.88 Å². The zero-order chi connectivity index (χ0) is 12.3. The van der Waals surface area contributed by atoms with E-state index in [0.29, 0.717) is 22.6 Å². The number of nitriles is 1. The minimum atomic E-state index is -0.379. The topological polar surface area (TPSA) is 45.9 Å². The van der Waals surface area contributed by atoms with Crippen molar-refractivity contribution in [1.29, 1.82) is 5.26 Å². The molecule has 0 spiro atoms. The van der Waals surface area contributed by atoms with Crippen LogP contribution in [0.3, 0.4) is 0 Å². The van der Waals surface area contributed by atoms with E-state index in [2.05, 4.69) is 4.98 Å². The Hall–Kier alpha value is -2.41. The summed E-state index contributed by atoms with van der Waals surface area (Å²) in [4.78, 5) is 4.00. The standard InChI is InChI=1S/C13H9FN2O/c1-17-13-5-3-10(8-16-13)11-6-9(7-15)2-4-12(11)14/h2-6,8H,1H3. The molecule has 2 aromatic rings. The maximum absolute atomic E-state index is 13.6. The maximum Gasteiger partial charge on any atom is 0.212 e. The van der Waals surface area contributed by atoms with Crippen LogP contribution in [0.25, 0.3) is 11.1 Å². The molecule has 0 atom stereocenters. The van der Waals surface area contributed by atoms with Crippen LogP contribution in [0, 0.1) is 17.1 Å². The first kappa shape index (κ1) is 11.1. The number of hydrogen-bond acceptors (Lipinski definition) is 3. The smallest absolute Gasteiger partial charge is 0.212 e. The number of pyridine rings is 1. The second kappa shape index (κ2) is 4.62. The van der Waals surface area contributed by atoms with E-state index in [0.717, 1.165) is 0 Å². The number of nitrogens with zero attached hydrogens (tertiary/aromatic N) is 2. The lowest BCUT2D eigenvalue weighted by Crippen LogP contribution is -1.90. The van der Waals surface area contributed by atoms with Gasteiger partial charge in [-0.25, -0.2) is 9.37 Å². The van der Waals surface area contributed by atoms with Gasteiger partial charge < -0.3 is 4.74 Å². The monoisotopic (exact) mass is 228 g/mol. The molecular weight excluding hydrogens is 219 g/mol. The molecule has 3 nitrogen and oxygen atoms in total. The summed E-state index contributed by atoms with van der Waals surface area (Å²) in [5, 5.41) is 8.77. The summed E-state index contributed by atoms with van der Waals surface area (Å²) in [5.41, 5.74) is 1.39. The van der Waals surface area contributed by atoms with Gasteiger partial charge in [-0.05, 0) is 24.3 Å². The van der Waals surface area contributed by atoms with Crippen LogP contribution in [0.4, 0.5) is 4.39 Å². The molecule has 0 fully saturated rings. The van der Waals surface area contributed by atoms with Crippen LogP contribution in [0.15, 0.2) is 36.5 Å². The van der Waals surface area contributed by atoms with Crippen LogP contribution in [0.2, 0.25) is 0 Å². The molecule has 2 rings (SSSR count). The molecule has 0 saturated heterocycles. The third-order valence-electron chi connectivity index (χ3n) is 2.35. The van der Waals surface area contributed by atoms with E-state index in [9.17, 15) is 4.39 Å². The Kier molecular flexibility index (Phi) is 3.01. The highest BCUT2D eigenvalue weighted by atomic mass is 19.1. The molecule has 17 heavy (non-hydrogen) atoms. The van der Waals surface area contributed by atoms with E-state index < -0.39 is 0 Å². The van der Waals surface area contributed by atoms with Gasteiger partial charge in [-0.2, -0.15) is 5.26 Å². The van der Waals surface area contributed by atoms with Gasteiger partial charge in [0.1, 0.15) is 5.82 Å². The quantitative estimate of drug-likeness (QED) is 0.793. The normalized spacial score (nSPS) is 9.71. The summed E-state index contributed by atoms with van der Waals surface area (Å²) >= 11 is 0. The van der Waals surface area contributed by atoms with E-state index in [-0.39, 0.29) is 5.82 Å². The Morgan fingerprint density at radius 3 is 2.71 bits per heavy atom. The van der Waals surface area contributed by atoms with Crippen LogP contribution in [-0.4, -0.2) is 12.1 Å². The van der Waals surface area contributed by atoms with Crippen molar-refractivity contribution < 1.29 is 9.13 Å². The molecule has 4 heteroatoms. The molecule has 0 N–H and O–H groups in total. The summed E-state index contributed by atoms with van der Waals surface area (Å²) in [6.07, 6.45) is 1.51. The number of benzene rings is 1. The van der Waals surface area contributed by atoms with Crippen molar-refractivity contribution in [2.24, 2.45) is 0 Å². The molecular formula is C13H9FN2O. The van der Waals surface area contributed by atoms with Crippen LogP contribution in [0.1, 0.15) is 5.56 Å². The number of methoxy groups -OCH3 is 1. The highest BCUT2D eigenvalue weighted by Gasteiger charge is 2.07. The third-order valence-corrected chi connectivity index (χ3v) is 2.35. The summed E-state index contributed by atoms with van der Waals surface area (Å²) in [6, 6.07) is 9.54. The summed E-state index contributed by atoms with van der Waals surface area (Å²) in [7, 11) is 1.51. The van der Waals surface area contributed by atoms with Crippen molar-refractivity contribution in [1.82, 2.24) is 4.98 Å². The molecule has 1 heterocycles. The Bertz CT molecular complexity index is 573. The minimum absolute atomic E-state index is 0.360. The van der Waals surface area contributed by atoms with Crippen molar-refractivity contribution in [3.05, 3.63) is 47.9 Å². The average Bonchev–Trinajstić information content (AvgIpc) is 2.39. The third kappa shape index (κ3) is 2.23. The number of halogens is 1. The van der Waals surface area contributed by atoms with Crippen LogP contribution >= 0.6 is 0 Å². The second-order valence-electron chi connectivity index (χ2n) is 3.40. The fourth-order valence-corrected chi connectivity index (χ4v) is 1.48. The van der Waals surface area contributed by atoms with Crippen molar-refractivity contribution in [3.8, 4) is 23.1 Å². The first-order chi connectivity index (χ1) is 8.24. The van der Waals surface area contributed by atoms with Crippen LogP contribution in [-0.2, 0) is 0 Å². The zero-order valence-corrected chi connectivity index (χ0v) is 9.14. The van der Waals surface area contributed by atoms with Gasteiger partial charge in [0.25, 0.3) is 0 Å². The fraction of sp³-hybridized carbons (Fsp3) is 0.0769. The largest absolute Gasteiger partial charge is 0.481 e. The highest BCUT2D eigenvalue weighted by Crippen LogP contribution is 2.24. The van der Waals surface area contributed by atoms with E-state index in [4.69, 9.17) is 10.00 Å². The number of rotatable bonds is 2. The number of hydrogen-bond donors (Lipinski definition) is 0. The zero-order valence-electron chi connectivity index (χ0n) is 9.14. The van der Waals surface area contributed by atoms with Gasteiger partial charge >= 0.3 is 0 Å². The first-order valence-corrected chi connectivity index (χ1v) is 4.94. The maximum atomic E-state index is 13.6. The van der Waals surface area contributed by atoms with E-state index in [1.54, 1.807) is 12.1 Å².